The zero-order valence-corrected chi connectivity index (χ0v) is 14.7. The van der Waals surface area contributed by atoms with E-state index in [-0.39, 0.29) is 18.2 Å². The minimum Gasteiger partial charge on any atom is -0.313 e. The predicted octanol–water partition coefficient (Wildman–Crippen LogP) is 3.47. The van der Waals surface area contributed by atoms with Crippen LogP contribution in [0.25, 0.3) is 0 Å². The van der Waals surface area contributed by atoms with Crippen molar-refractivity contribution < 1.29 is 9.59 Å². The van der Waals surface area contributed by atoms with Crippen molar-refractivity contribution in [2.45, 2.75) is 32.1 Å². The van der Waals surface area contributed by atoms with Gasteiger partial charge in [0, 0.05) is 12.7 Å². The molecule has 0 unspecified atom stereocenters. The minimum atomic E-state index is -0.249. The van der Waals surface area contributed by atoms with Crippen LogP contribution in [-0.4, -0.2) is 18.9 Å². The van der Waals surface area contributed by atoms with Crippen molar-refractivity contribution in [3.63, 3.8) is 0 Å². The number of benzene rings is 2. The number of amides is 2. The van der Waals surface area contributed by atoms with Crippen molar-refractivity contribution in [1.29, 1.82) is 5.26 Å². The summed E-state index contributed by atoms with van der Waals surface area (Å²) >= 11 is 0. The Hall–Kier alpha value is -3.13. The summed E-state index contributed by atoms with van der Waals surface area (Å²) in [6.07, 6.45) is 4.01. The van der Waals surface area contributed by atoms with Gasteiger partial charge in [-0.3, -0.25) is 14.5 Å². The Kier molecular flexibility index (Phi) is 3.96. The Morgan fingerprint density at radius 3 is 2.42 bits per heavy atom. The molecule has 0 N–H and O–H groups in total. The molecule has 1 aliphatic carbocycles. The Morgan fingerprint density at radius 1 is 0.962 bits per heavy atom. The number of nitrogens with zero attached hydrogens (tertiary/aromatic N) is 3. The molecule has 0 bridgehead atoms. The molecule has 4 rings (SSSR count). The highest BCUT2D eigenvalue weighted by atomic mass is 16.2. The molecule has 1 heterocycles. The predicted molar refractivity (Wildman–Crippen MR) is 99.4 cm³/mol. The molecular weight excluding hydrogens is 326 g/mol. The van der Waals surface area contributed by atoms with Crippen molar-refractivity contribution >= 4 is 28.9 Å². The molecule has 2 aliphatic rings. The lowest BCUT2D eigenvalue weighted by atomic mass is 9.89. The lowest BCUT2D eigenvalue weighted by molar-refractivity contribution is -0.125. The maximum absolute atomic E-state index is 12.9. The summed E-state index contributed by atoms with van der Waals surface area (Å²) in [5, 5.41) is 9.01. The van der Waals surface area contributed by atoms with Crippen LogP contribution in [0.4, 0.5) is 17.1 Å². The summed E-state index contributed by atoms with van der Waals surface area (Å²) in [5.41, 5.74) is 5.25. The molecule has 0 saturated heterocycles. The van der Waals surface area contributed by atoms with E-state index in [0.29, 0.717) is 11.3 Å². The van der Waals surface area contributed by atoms with Crippen LogP contribution in [-0.2, 0) is 22.4 Å². The smallest absolute Gasteiger partial charge is 0.241 e. The van der Waals surface area contributed by atoms with Gasteiger partial charge < -0.3 is 4.90 Å². The lowest BCUT2D eigenvalue weighted by Crippen LogP contribution is -2.29. The molecule has 130 valence electrons. The van der Waals surface area contributed by atoms with Gasteiger partial charge in [-0.1, -0.05) is 6.07 Å². The number of nitriles is 1. The monoisotopic (exact) mass is 345 g/mol. The average Bonchev–Trinajstić information content (AvgIpc) is 2.76. The molecule has 0 atom stereocenters. The normalized spacial score (nSPS) is 16.6. The Balaban J connectivity index is 1.93. The first-order valence-corrected chi connectivity index (χ1v) is 8.84. The quantitative estimate of drug-likeness (QED) is 0.744. The van der Waals surface area contributed by atoms with E-state index in [2.05, 4.69) is 12.1 Å². The molecule has 5 heteroatoms. The van der Waals surface area contributed by atoms with E-state index in [9.17, 15) is 9.59 Å². The first kappa shape index (κ1) is 16.3. The second-order valence-electron chi connectivity index (χ2n) is 6.80. The lowest BCUT2D eigenvalue weighted by Gasteiger charge is -2.29. The van der Waals surface area contributed by atoms with Gasteiger partial charge in [0.2, 0.25) is 11.8 Å². The van der Waals surface area contributed by atoms with Crippen LogP contribution >= 0.6 is 0 Å². The van der Waals surface area contributed by atoms with Crippen LogP contribution in [0, 0.1) is 11.3 Å². The van der Waals surface area contributed by atoms with E-state index in [1.54, 1.807) is 41.1 Å². The SMILES string of the molecule is CN1C(=O)CC(=O)N(c2ccc(C#N)cc2)c2ccc3c(c21)CCCC3. The molecule has 2 amide bonds. The van der Waals surface area contributed by atoms with Gasteiger partial charge in [-0.25, -0.2) is 0 Å². The van der Waals surface area contributed by atoms with E-state index in [4.69, 9.17) is 5.26 Å². The topological polar surface area (TPSA) is 64.4 Å². The molecule has 0 spiro atoms. The van der Waals surface area contributed by atoms with Gasteiger partial charge in [-0.15, -0.1) is 0 Å². The van der Waals surface area contributed by atoms with Gasteiger partial charge in [-0.05, 0) is 67.1 Å². The summed E-state index contributed by atoms with van der Waals surface area (Å²) in [7, 11) is 1.76. The fourth-order valence-electron chi connectivity index (χ4n) is 3.91. The fourth-order valence-corrected chi connectivity index (χ4v) is 3.91. The minimum absolute atomic E-state index is 0.167. The number of rotatable bonds is 1. The van der Waals surface area contributed by atoms with Crippen LogP contribution in [0.1, 0.15) is 36.0 Å². The number of aryl methyl sites for hydroxylation is 1. The molecule has 1 aliphatic heterocycles. The van der Waals surface area contributed by atoms with Gasteiger partial charge in [-0.2, -0.15) is 5.26 Å². The summed E-state index contributed by atoms with van der Waals surface area (Å²) in [6.45, 7) is 0. The Bertz CT molecular complexity index is 941. The summed E-state index contributed by atoms with van der Waals surface area (Å²) < 4.78 is 0. The van der Waals surface area contributed by atoms with E-state index in [1.165, 1.54) is 11.1 Å². The summed E-state index contributed by atoms with van der Waals surface area (Å²) in [6, 6.07) is 13.0. The van der Waals surface area contributed by atoms with Crippen molar-refractivity contribution in [2.75, 3.05) is 16.8 Å². The first-order valence-electron chi connectivity index (χ1n) is 8.84. The average molecular weight is 345 g/mol. The third-order valence-electron chi connectivity index (χ3n) is 5.24. The van der Waals surface area contributed by atoms with E-state index in [1.807, 2.05) is 6.07 Å². The van der Waals surface area contributed by atoms with Crippen LogP contribution in [0.5, 0.6) is 0 Å². The fraction of sp³-hybridized carbons (Fsp3) is 0.286. The standard InChI is InChI=1S/C21H19N3O2/c1-23-19(25)12-20(26)24(16-9-6-14(13-22)7-10-16)18-11-8-15-4-2-3-5-17(15)21(18)23/h6-11H,2-5,12H2,1H3. The Morgan fingerprint density at radius 2 is 1.69 bits per heavy atom. The molecule has 0 saturated carbocycles. The molecule has 0 aromatic heterocycles. The zero-order chi connectivity index (χ0) is 18.3. The zero-order valence-electron chi connectivity index (χ0n) is 14.7. The third-order valence-corrected chi connectivity index (χ3v) is 5.24. The number of carbonyl (C=O) groups excluding carboxylic acids is 2. The van der Waals surface area contributed by atoms with Crippen molar-refractivity contribution in [1.82, 2.24) is 0 Å². The van der Waals surface area contributed by atoms with Gasteiger partial charge in [0.1, 0.15) is 6.42 Å². The van der Waals surface area contributed by atoms with Crippen LogP contribution < -0.4 is 9.80 Å². The van der Waals surface area contributed by atoms with Gasteiger partial charge in [0.25, 0.3) is 0 Å². The number of hydrogen-bond acceptors (Lipinski definition) is 3. The van der Waals surface area contributed by atoms with Crippen LogP contribution in [0.3, 0.4) is 0 Å². The van der Waals surface area contributed by atoms with Crippen LogP contribution in [0.2, 0.25) is 0 Å². The number of hydrogen-bond donors (Lipinski definition) is 0. The third kappa shape index (κ3) is 2.55. The van der Waals surface area contributed by atoms with E-state index < -0.39 is 0 Å². The first-order chi connectivity index (χ1) is 12.6. The van der Waals surface area contributed by atoms with E-state index in [0.717, 1.165) is 37.1 Å². The van der Waals surface area contributed by atoms with Gasteiger partial charge >= 0.3 is 0 Å². The molecule has 2 aromatic rings. The molecule has 5 nitrogen and oxygen atoms in total. The van der Waals surface area contributed by atoms with E-state index >= 15 is 0 Å². The summed E-state index contributed by atoms with van der Waals surface area (Å²) in [4.78, 5) is 28.7. The van der Waals surface area contributed by atoms with Crippen molar-refractivity contribution in [3.8, 4) is 6.07 Å². The highest BCUT2D eigenvalue weighted by Gasteiger charge is 2.33. The molecule has 0 radical (unpaired) electrons. The molecule has 26 heavy (non-hydrogen) atoms. The maximum atomic E-state index is 12.9. The highest BCUT2D eigenvalue weighted by molar-refractivity contribution is 6.18. The largest absolute Gasteiger partial charge is 0.313 e. The number of fused-ring (bicyclic) bond motifs is 3. The van der Waals surface area contributed by atoms with Crippen molar-refractivity contribution in [3.05, 3.63) is 53.1 Å². The van der Waals surface area contributed by atoms with Crippen molar-refractivity contribution in [2.24, 2.45) is 0 Å². The van der Waals surface area contributed by atoms with Gasteiger partial charge in [0.05, 0.1) is 23.0 Å². The highest BCUT2D eigenvalue weighted by Crippen LogP contribution is 2.43. The molecular formula is C21H19N3O2. The summed E-state index contributed by atoms with van der Waals surface area (Å²) in [5.74, 6) is -0.438. The molecule has 2 aromatic carbocycles. The second kappa shape index (κ2) is 6.30. The van der Waals surface area contributed by atoms with Crippen LogP contribution in [0.15, 0.2) is 36.4 Å². The molecule has 0 fully saturated rings. The number of carbonyl (C=O) groups is 2. The second-order valence-corrected chi connectivity index (χ2v) is 6.80. The number of anilines is 3. The Labute approximate surface area is 152 Å². The van der Waals surface area contributed by atoms with Gasteiger partial charge in [0.15, 0.2) is 0 Å². The maximum Gasteiger partial charge on any atom is 0.241 e.